The number of anilines is 1. The molecule has 2 N–H and O–H groups in total. The van der Waals surface area contributed by atoms with Gasteiger partial charge in [0.2, 0.25) is 0 Å². The fourth-order valence-corrected chi connectivity index (χ4v) is 1.68. The molecule has 0 saturated heterocycles. The first-order valence-electron chi connectivity index (χ1n) is 6.76. The molecule has 1 aromatic carbocycles. The third-order valence-corrected chi connectivity index (χ3v) is 3.11. The predicted octanol–water partition coefficient (Wildman–Crippen LogP) is 2.90. The number of rotatable bonds is 8. The van der Waals surface area contributed by atoms with Crippen molar-refractivity contribution < 1.29 is 19.6 Å². The summed E-state index contributed by atoms with van der Waals surface area (Å²) in [6.45, 7) is 5.69. The lowest BCUT2D eigenvalue weighted by molar-refractivity contribution is -0.384. The molecule has 1 rings (SSSR count). The molecule has 21 heavy (non-hydrogen) atoms. The average Bonchev–Trinajstić information content (AvgIpc) is 2.43. The molecule has 0 aliphatic rings. The number of benzene rings is 1. The van der Waals surface area contributed by atoms with Crippen LogP contribution in [0.2, 0.25) is 0 Å². The van der Waals surface area contributed by atoms with Gasteiger partial charge < -0.3 is 15.2 Å². The molecule has 0 bridgehead atoms. The summed E-state index contributed by atoms with van der Waals surface area (Å²) in [5.74, 6) is -1.16. The van der Waals surface area contributed by atoms with Crippen LogP contribution in [0, 0.1) is 16.0 Å². The van der Waals surface area contributed by atoms with Gasteiger partial charge in [0.05, 0.1) is 23.5 Å². The second kappa shape index (κ2) is 7.47. The highest BCUT2D eigenvalue weighted by molar-refractivity contribution is 5.71. The molecule has 7 nitrogen and oxygen atoms in total. The summed E-state index contributed by atoms with van der Waals surface area (Å²) in [7, 11) is 0. The fourth-order valence-electron chi connectivity index (χ4n) is 1.68. The summed E-state index contributed by atoms with van der Waals surface area (Å²) in [5.41, 5.74) is 0.372. The minimum absolute atomic E-state index is 0.0960. The average molecular weight is 296 g/mol. The Kier molecular flexibility index (Phi) is 5.95. The number of nitrogens with one attached hydrogen (secondary N) is 1. The van der Waals surface area contributed by atoms with E-state index in [1.165, 1.54) is 12.1 Å². The van der Waals surface area contributed by atoms with Gasteiger partial charge in [-0.3, -0.25) is 14.9 Å². The van der Waals surface area contributed by atoms with E-state index in [2.05, 4.69) is 5.32 Å². The first kappa shape index (κ1) is 16.7. The number of carboxylic acid groups (broad SMARTS) is 1. The first-order valence-corrected chi connectivity index (χ1v) is 6.76. The van der Waals surface area contributed by atoms with Crippen molar-refractivity contribution in [2.75, 3.05) is 11.9 Å². The topological polar surface area (TPSA) is 102 Å². The van der Waals surface area contributed by atoms with Gasteiger partial charge in [-0.25, -0.2) is 0 Å². The molecule has 0 radical (unpaired) electrons. The molecular weight excluding hydrogens is 276 g/mol. The number of hydrogen-bond acceptors (Lipinski definition) is 5. The minimum atomic E-state index is -0.928. The summed E-state index contributed by atoms with van der Waals surface area (Å²) in [6, 6.07) is 3.98. The van der Waals surface area contributed by atoms with Crippen molar-refractivity contribution in [1.29, 1.82) is 0 Å². The maximum absolute atomic E-state index is 10.9. The van der Waals surface area contributed by atoms with Gasteiger partial charge in [-0.05, 0) is 20.3 Å². The lowest BCUT2D eigenvalue weighted by Gasteiger charge is -2.19. The maximum atomic E-state index is 10.9. The van der Waals surface area contributed by atoms with Crippen molar-refractivity contribution in [3.63, 3.8) is 0 Å². The van der Waals surface area contributed by atoms with E-state index in [4.69, 9.17) is 9.84 Å². The Labute approximate surface area is 123 Å². The van der Waals surface area contributed by atoms with E-state index in [1.54, 1.807) is 19.9 Å². The maximum Gasteiger partial charge on any atom is 0.308 e. The normalized spacial score (nSPS) is 13.3. The number of aliphatic carboxylic acids is 1. The molecule has 0 fully saturated rings. The van der Waals surface area contributed by atoms with Crippen LogP contribution in [0.4, 0.5) is 11.4 Å². The Morgan fingerprint density at radius 1 is 1.43 bits per heavy atom. The lowest BCUT2D eigenvalue weighted by Crippen LogP contribution is -2.29. The van der Waals surface area contributed by atoms with Crippen molar-refractivity contribution in [1.82, 2.24) is 0 Å². The van der Waals surface area contributed by atoms with E-state index in [1.807, 2.05) is 6.92 Å². The molecular formula is C14H20N2O5. The Morgan fingerprint density at radius 3 is 2.62 bits per heavy atom. The van der Waals surface area contributed by atoms with E-state index >= 15 is 0 Å². The first-order chi connectivity index (χ1) is 9.85. The number of nitrogens with zero attached hydrogens (tertiary/aromatic N) is 1. The zero-order chi connectivity index (χ0) is 16.0. The van der Waals surface area contributed by atoms with E-state index < -0.39 is 16.8 Å². The highest BCUT2D eigenvalue weighted by Crippen LogP contribution is 2.27. The van der Waals surface area contributed by atoms with Crippen LogP contribution in [0.15, 0.2) is 18.2 Å². The molecule has 7 heteroatoms. The van der Waals surface area contributed by atoms with E-state index in [-0.39, 0.29) is 11.7 Å². The Hall–Kier alpha value is -2.31. The van der Waals surface area contributed by atoms with Gasteiger partial charge in [-0.15, -0.1) is 0 Å². The van der Waals surface area contributed by atoms with Gasteiger partial charge in [0.15, 0.2) is 0 Å². The van der Waals surface area contributed by atoms with E-state index in [0.717, 1.165) is 6.42 Å². The van der Waals surface area contributed by atoms with Crippen molar-refractivity contribution in [2.24, 2.45) is 5.92 Å². The smallest absolute Gasteiger partial charge is 0.308 e. The SMILES string of the molecule is CCCOc1cc(NC(C)C(C)C(=O)O)cc([N+](=O)[O-])c1. The second-order valence-electron chi connectivity index (χ2n) is 4.88. The zero-order valence-electron chi connectivity index (χ0n) is 12.3. The van der Waals surface area contributed by atoms with E-state index in [9.17, 15) is 14.9 Å². The van der Waals surface area contributed by atoms with Crippen molar-refractivity contribution >= 4 is 17.3 Å². The number of carbonyl (C=O) groups is 1. The standard InChI is InChI=1S/C14H20N2O5/c1-4-5-21-13-7-11(6-12(8-13)16(19)20)15-10(3)9(2)14(17)18/h6-10,15H,4-5H2,1-3H3,(H,17,18). The summed E-state index contributed by atoms with van der Waals surface area (Å²) in [6.07, 6.45) is 0.790. The van der Waals surface area contributed by atoms with Crippen LogP contribution >= 0.6 is 0 Å². The van der Waals surface area contributed by atoms with Crippen LogP contribution in [0.25, 0.3) is 0 Å². The third kappa shape index (κ3) is 4.94. The summed E-state index contributed by atoms with van der Waals surface area (Å²) < 4.78 is 5.42. The molecule has 0 spiro atoms. The van der Waals surface area contributed by atoms with Gasteiger partial charge in [0.25, 0.3) is 5.69 Å². The second-order valence-corrected chi connectivity index (χ2v) is 4.88. The number of non-ortho nitro benzene ring substituents is 1. The Morgan fingerprint density at radius 2 is 2.10 bits per heavy atom. The number of ether oxygens (including phenoxy) is 1. The van der Waals surface area contributed by atoms with Gasteiger partial charge in [0, 0.05) is 23.9 Å². The molecule has 0 amide bonds. The monoisotopic (exact) mass is 296 g/mol. The number of nitro benzene ring substituents is 1. The Balaban J connectivity index is 2.96. The molecule has 116 valence electrons. The fraction of sp³-hybridized carbons (Fsp3) is 0.500. The van der Waals surface area contributed by atoms with Gasteiger partial charge in [0.1, 0.15) is 5.75 Å². The molecule has 0 aliphatic carbocycles. The highest BCUT2D eigenvalue weighted by atomic mass is 16.6. The largest absolute Gasteiger partial charge is 0.493 e. The van der Waals surface area contributed by atoms with Crippen LogP contribution < -0.4 is 10.1 Å². The molecule has 0 saturated carbocycles. The predicted molar refractivity (Wildman–Crippen MR) is 78.8 cm³/mol. The van der Waals surface area contributed by atoms with Crippen molar-refractivity contribution in [3.05, 3.63) is 28.3 Å². The molecule has 0 aliphatic heterocycles. The molecule has 1 aromatic rings. The van der Waals surface area contributed by atoms with Gasteiger partial charge >= 0.3 is 5.97 Å². The molecule has 2 unspecified atom stereocenters. The summed E-state index contributed by atoms with van der Waals surface area (Å²) >= 11 is 0. The quantitative estimate of drug-likeness (QED) is 0.565. The lowest BCUT2D eigenvalue weighted by atomic mass is 10.0. The summed E-state index contributed by atoms with van der Waals surface area (Å²) in [4.78, 5) is 21.4. The van der Waals surface area contributed by atoms with E-state index in [0.29, 0.717) is 18.0 Å². The molecule has 2 atom stereocenters. The van der Waals surface area contributed by atoms with Crippen LogP contribution in [-0.4, -0.2) is 28.6 Å². The number of hydrogen-bond donors (Lipinski definition) is 2. The zero-order valence-corrected chi connectivity index (χ0v) is 12.3. The highest BCUT2D eigenvalue weighted by Gasteiger charge is 2.20. The van der Waals surface area contributed by atoms with Crippen molar-refractivity contribution in [2.45, 2.75) is 33.2 Å². The van der Waals surface area contributed by atoms with Crippen LogP contribution in [0.1, 0.15) is 27.2 Å². The summed E-state index contributed by atoms with van der Waals surface area (Å²) in [5, 5.41) is 22.9. The number of carboxylic acids is 1. The van der Waals surface area contributed by atoms with Gasteiger partial charge in [-0.2, -0.15) is 0 Å². The Bertz CT molecular complexity index is 518. The van der Waals surface area contributed by atoms with Crippen LogP contribution in [-0.2, 0) is 4.79 Å². The number of nitro groups is 1. The van der Waals surface area contributed by atoms with Crippen LogP contribution in [0.5, 0.6) is 5.75 Å². The molecule has 0 heterocycles. The van der Waals surface area contributed by atoms with Crippen LogP contribution in [0.3, 0.4) is 0 Å². The van der Waals surface area contributed by atoms with Crippen molar-refractivity contribution in [3.8, 4) is 5.75 Å². The molecule has 0 aromatic heterocycles. The minimum Gasteiger partial charge on any atom is -0.493 e. The third-order valence-electron chi connectivity index (χ3n) is 3.11. The van der Waals surface area contributed by atoms with Gasteiger partial charge in [-0.1, -0.05) is 6.92 Å².